The summed E-state index contributed by atoms with van der Waals surface area (Å²) in [5.41, 5.74) is -0.826. The fourth-order valence-corrected chi connectivity index (χ4v) is 3.57. The summed E-state index contributed by atoms with van der Waals surface area (Å²) in [7, 11) is 0. The molecule has 0 radical (unpaired) electrons. The fraction of sp³-hybridized carbons (Fsp3) is 0.812. The highest BCUT2D eigenvalue weighted by molar-refractivity contribution is 6.09. The second kappa shape index (κ2) is 6.11. The zero-order valence-corrected chi connectivity index (χ0v) is 13.8. The fourth-order valence-electron chi connectivity index (χ4n) is 3.57. The number of imide groups is 1. The van der Waals surface area contributed by atoms with Crippen molar-refractivity contribution in [3.63, 3.8) is 0 Å². The molecule has 0 bridgehead atoms. The van der Waals surface area contributed by atoms with Gasteiger partial charge in [-0.05, 0) is 45.4 Å². The summed E-state index contributed by atoms with van der Waals surface area (Å²) in [5.74, 6) is -0.244. The van der Waals surface area contributed by atoms with E-state index in [1.807, 2.05) is 6.92 Å². The van der Waals surface area contributed by atoms with Crippen LogP contribution in [0.5, 0.6) is 0 Å². The number of piperidine rings is 1. The maximum atomic E-state index is 12.6. The molecule has 2 heterocycles. The van der Waals surface area contributed by atoms with Gasteiger partial charge in [0, 0.05) is 19.7 Å². The third-order valence-corrected chi connectivity index (χ3v) is 5.12. The normalized spacial score (nSPS) is 31.5. The summed E-state index contributed by atoms with van der Waals surface area (Å²) < 4.78 is 5.59. The highest BCUT2D eigenvalue weighted by Gasteiger charge is 2.56. The molecule has 0 aromatic heterocycles. The van der Waals surface area contributed by atoms with Gasteiger partial charge in [0.15, 0.2) is 0 Å². The van der Waals surface area contributed by atoms with E-state index < -0.39 is 11.6 Å². The van der Waals surface area contributed by atoms with E-state index in [2.05, 4.69) is 5.32 Å². The molecule has 1 N–H and O–H groups in total. The van der Waals surface area contributed by atoms with Gasteiger partial charge in [-0.25, -0.2) is 4.79 Å². The van der Waals surface area contributed by atoms with Gasteiger partial charge in [0.1, 0.15) is 12.1 Å². The Bertz CT molecular complexity index is 517. The summed E-state index contributed by atoms with van der Waals surface area (Å²) in [6.45, 7) is 5.35. The molecule has 0 unspecified atom stereocenters. The third-order valence-electron chi connectivity index (χ3n) is 5.12. The molecule has 4 amide bonds. The number of hydrogen-bond acceptors (Lipinski definition) is 4. The molecule has 0 aromatic carbocycles. The average Bonchev–Trinajstić information content (AvgIpc) is 3.34. The molecule has 3 aliphatic rings. The summed E-state index contributed by atoms with van der Waals surface area (Å²) in [6.07, 6.45) is 3.79. The Morgan fingerprint density at radius 2 is 2.09 bits per heavy atom. The van der Waals surface area contributed by atoms with Gasteiger partial charge in [-0.2, -0.15) is 0 Å². The molecule has 0 spiro atoms. The van der Waals surface area contributed by atoms with Crippen LogP contribution in [0.2, 0.25) is 0 Å². The summed E-state index contributed by atoms with van der Waals surface area (Å²) >= 11 is 0. The highest BCUT2D eigenvalue weighted by atomic mass is 16.5. The Morgan fingerprint density at radius 1 is 1.35 bits per heavy atom. The van der Waals surface area contributed by atoms with Crippen LogP contribution in [0.1, 0.15) is 39.5 Å². The molecule has 2 saturated heterocycles. The lowest BCUT2D eigenvalue weighted by Gasteiger charge is -2.33. The second-order valence-electron chi connectivity index (χ2n) is 6.86. The van der Waals surface area contributed by atoms with Gasteiger partial charge in [-0.1, -0.05) is 0 Å². The number of rotatable bonds is 5. The first kappa shape index (κ1) is 16.2. The number of nitrogens with zero attached hydrogens (tertiary/aromatic N) is 2. The van der Waals surface area contributed by atoms with Gasteiger partial charge in [0.05, 0.1) is 6.10 Å². The van der Waals surface area contributed by atoms with Crippen molar-refractivity contribution >= 4 is 17.8 Å². The maximum Gasteiger partial charge on any atom is 0.325 e. The summed E-state index contributed by atoms with van der Waals surface area (Å²) in [5, 5.41) is 2.77. The first-order valence-electron chi connectivity index (χ1n) is 8.49. The standard InChI is InChI=1S/C16H25N3O4/c1-3-23-12-5-4-8-18(9-12)13(20)10-19-14(21)16(2,11-6-7-11)17-15(19)22/h11-12H,3-10H2,1-2H3,(H,17,22)/t12-,16-/m0/s1. The Labute approximate surface area is 136 Å². The third kappa shape index (κ3) is 3.06. The average molecular weight is 323 g/mol. The van der Waals surface area contributed by atoms with Crippen LogP contribution in [0.15, 0.2) is 0 Å². The van der Waals surface area contributed by atoms with Crippen molar-refractivity contribution in [2.45, 2.75) is 51.2 Å². The van der Waals surface area contributed by atoms with Crippen molar-refractivity contribution < 1.29 is 19.1 Å². The van der Waals surface area contributed by atoms with Crippen LogP contribution in [0.4, 0.5) is 4.79 Å². The Hall–Kier alpha value is -1.63. The minimum absolute atomic E-state index is 0.0533. The minimum Gasteiger partial charge on any atom is -0.377 e. The zero-order valence-electron chi connectivity index (χ0n) is 13.8. The van der Waals surface area contributed by atoms with E-state index in [0.717, 1.165) is 30.6 Å². The van der Waals surface area contributed by atoms with Gasteiger partial charge in [0.2, 0.25) is 5.91 Å². The van der Waals surface area contributed by atoms with Crippen LogP contribution in [0.25, 0.3) is 0 Å². The molecule has 128 valence electrons. The lowest BCUT2D eigenvalue weighted by atomic mass is 9.96. The molecule has 2 aliphatic heterocycles. The smallest absolute Gasteiger partial charge is 0.325 e. The molecule has 23 heavy (non-hydrogen) atoms. The Kier molecular flexibility index (Phi) is 4.31. The Balaban J connectivity index is 1.61. The van der Waals surface area contributed by atoms with Crippen LogP contribution in [0, 0.1) is 5.92 Å². The predicted molar refractivity (Wildman–Crippen MR) is 82.6 cm³/mol. The first-order valence-corrected chi connectivity index (χ1v) is 8.49. The van der Waals surface area contributed by atoms with Gasteiger partial charge in [-0.3, -0.25) is 14.5 Å². The van der Waals surface area contributed by atoms with Gasteiger partial charge < -0.3 is 15.0 Å². The SMILES string of the molecule is CCO[C@H]1CCCN(C(=O)CN2C(=O)N[C@@](C)(C3CC3)C2=O)C1. The quantitative estimate of drug-likeness (QED) is 0.757. The number of urea groups is 1. The summed E-state index contributed by atoms with van der Waals surface area (Å²) in [6, 6.07) is -0.448. The van der Waals surface area contributed by atoms with Crippen molar-refractivity contribution in [3.8, 4) is 0 Å². The van der Waals surface area contributed by atoms with Crippen molar-refractivity contribution in [1.82, 2.24) is 15.1 Å². The van der Waals surface area contributed by atoms with Crippen molar-refractivity contribution in [2.75, 3.05) is 26.2 Å². The van der Waals surface area contributed by atoms with Crippen LogP contribution in [-0.2, 0) is 14.3 Å². The van der Waals surface area contributed by atoms with Gasteiger partial charge >= 0.3 is 6.03 Å². The number of likely N-dealkylation sites (tertiary alicyclic amines) is 1. The number of nitrogens with one attached hydrogen (secondary N) is 1. The van der Waals surface area contributed by atoms with E-state index in [4.69, 9.17) is 4.74 Å². The van der Waals surface area contributed by atoms with Crippen molar-refractivity contribution in [1.29, 1.82) is 0 Å². The molecule has 0 aromatic rings. The predicted octanol–water partition coefficient (Wildman–Crippen LogP) is 0.734. The van der Waals surface area contributed by atoms with Crippen LogP contribution in [-0.4, -0.2) is 65.5 Å². The topological polar surface area (TPSA) is 79.0 Å². The largest absolute Gasteiger partial charge is 0.377 e. The van der Waals surface area contributed by atoms with E-state index in [9.17, 15) is 14.4 Å². The van der Waals surface area contributed by atoms with Crippen LogP contribution in [0.3, 0.4) is 0 Å². The molecule has 3 rings (SSSR count). The van der Waals surface area contributed by atoms with E-state index in [1.165, 1.54) is 0 Å². The van der Waals surface area contributed by atoms with Gasteiger partial charge in [-0.15, -0.1) is 0 Å². The minimum atomic E-state index is -0.826. The lowest BCUT2D eigenvalue weighted by Crippen LogP contribution is -2.49. The lowest BCUT2D eigenvalue weighted by molar-refractivity contribution is -0.141. The molecular formula is C16H25N3O4. The number of carbonyl (C=O) groups excluding carboxylic acids is 3. The molecule has 1 aliphatic carbocycles. The molecular weight excluding hydrogens is 298 g/mol. The number of ether oxygens (including phenoxy) is 1. The monoisotopic (exact) mass is 323 g/mol. The zero-order chi connectivity index (χ0) is 16.6. The van der Waals surface area contributed by atoms with Crippen LogP contribution < -0.4 is 5.32 Å². The Morgan fingerprint density at radius 3 is 2.74 bits per heavy atom. The molecule has 3 fully saturated rings. The maximum absolute atomic E-state index is 12.6. The van der Waals surface area contributed by atoms with Crippen LogP contribution >= 0.6 is 0 Å². The molecule has 2 atom stereocenters. The first-order chi connectivity index (χ1) is 11.0. The second-order valence-corrected chi connectivity index (χ2v) is 6.86. The van der Waals surface area contributed by atoms with E-state index >= 15 is 0 Å². The molecule has 7 heteroatoms. The van der Waals surface area contributed by atoms with Crippen molar-refractivity contribution in [3.05, 3.63) is 0 Å². The van der Waals surface area contributed by atoms with E-state index in [1.54, 1.807) is 11.8 Å². The number of amides is 4. The van der Waals surface area contributed by atoms with Crippen molar-refractivity contribution in [2.24, 2.45) is 5.92 Å². The number of hydrogen-bond donors (Lipinski definition) is 1. The molecule has 1 saturated carbocycles. The highest BCUT2D eigenvalue weighted by Crippen LogP contribution is 2.42. The van der Waals surface area contributed by atoms with Gasteiger partial charge in [0.25, 0.3) is 5.91 Å². The summed E-state index contributed by atoms with van der Waals surface area (Å²) in [4.78, 5) is 39.9. The molecule has 7 nitrogen and oxygen atoms in total. The number of carbonyl (C=O) groups is 3. The van der Waals surface area contributed by atoms with E-state index in [0.29, 0.717) is 19.7 Å². The van der Waals surface area contributed by atoms with E-state index in [-0.39, 0.29) is 30.4 Å².